The van der Waals surface area contributed by atoms with Gasteiger partial charge in [0.1, 0.15) is 5.56 Å². The van der Waals surface area contributed by atoms with E-state index in [1.807, 2.05) is 30.3 Å². The van der Waals surface area contributed by atoms with E-state index in [2.05, 4.69) is 5.10 Å². The maximum Gasteiger partial charge on any atom is 0.342 e. The lowest BCUT2D eigenvalue weighted by molar-refractivity contribution is -0.140. The summed E-state index contributed by atoms with van der Waals surface area (Å²) in [7, 11) is -1.57. The summed E-state index contributed by atoms with van der Waals surface area (Å²) < 4.78 is 30.4. The SMILES string of the molecule is Cc1nn(-c2ccccc2)c(C)c1C(=O)O[C@H](C)C(=O)N(C)[C@H]1CCS(=O)(=O)C1. The Bertz CT molecular complexity index is 1030. The third kappa shape index (κ3) is 4.34. The van der Waals surface area contributed by atoms with Crippen LogP contribution in [0.1, 0.15) is 35.1 Å². The van der Waals surface area contributed by atoms with Gasteiger partial charge in [-0.05, 0) is 39.3 Å². The molecule has 0 unspecified atom stereocenters. The van der Waals surface area contributed by atoms with Gasteiger partial charge in [0.2, 0.25) is 0 Å². The Labute approximate surface area is 170 Å². The molecule has 1 aliphatic rings. The quantitative estimate of drug-likeness (QED) is 0.684. The number of aromatic nitrogens is 2. The molecule has 1 aromatic heterocycles. The number of rotatable bonds is 5. The van der Waals surface area contributed by atoms with Crippen LogP contribution in [0.3, 0.4) is 0 Å². The molecule has 2 heterocycles. The summed E-state index contributed by atoms with van der Waals surface area (Å²) in [5.41, 5.74) is 2.26. The third-order valence-corrected chi connectivity index (χ3v) is 6.98. The molecule has 0 saturated carbocycles. The number of aryl methyl sites for hydroxylation is 1. The second-order valence-electron chi connectivity index (χ2n) is 7.35. The van der Waals surface area contributed by atoms with Gasteiger partial charge >= 0.3 is 5.97 Å². The summed E-state index contributed by atoms with van der Waals surface area (Å²) in [6.07, 6.45) is -0.637. The number of sulfone groups is 1. The number of esters is 1. The fourth-order valence-corrected chi connectivity index (χ4v) is 5.35. The Kier molecular flexibility index (Phi) is 5.79. The van der Waals surface area contributed by atoms with Crippen molar-refractivity contribution in [3.8, 4) is 5.69 Å². The molecule has 2 atom stereocenters. The van der Waals surface area contributed by atoms with Gasteiger partial charge in [0, 0.05) is 13.1 Å². The van der Waals surface area contributed by atoms with E-state index in [1.54, 1.807) is 25.6 Å². The van der Waals surface area contributed by atoms with Crippen molar-refractivity contribution in [2.75, 3.05) is 18.6 Å². The summed E-state index contributed by atoms with van der Waals surface area (Å²) in [5, 5.41) is 4.42. The Hall–Kier alpha value is -2.68. The van der Waals surface area contributed by atoms with Crippen LogP contribution in [-0.2, 0) is 19.4 Å². The molecule has 3 rings (SSSR count). The fourth-order valence-electron chi connectivity index (χ4n) is 3.58. The molecule has 29 heavy (non-hydrogen) atoms. The second kappa shape index (κ2) is 7.98. The number of likely N-dealkylation sites (N-methyl/N-ethyl adjacent to an activating group) is 1. The highest BCUT2D eigenvalue weighted by atomic mass is 32.2. The smallest absolute Gasteiger partial charge is 0.342 e. The molecule has 0 bridgehead atoms. The van der Waals surface area contributed by atoms with Crippen molar-refractivity contribution < 1.29 is 22.7 Å². The Morgan fingerprint density at radius 2 is 1.90 bits per heavy atom. The van der Waals surface area contributed by atoms with Crippen LogP contribution in [0.25, 0.3) is 5.69 Å². The van der Waals surface area contributed by atoms with Crippen LogP contribution < -0.4 is 0 Å². The summed E-state index contributed by atoms with van der Waals surface area (Å²) in [6, 6.07) is 9.02. The largest absolute Gasteiger partial charge is 0.449 e. The Balaban J connectivity index is 1.73. The molecule has 2 aromatic rings. The van der Waals surface area contributed by atoms with Crippen molar-refractivity contribution >= 4 is 21.7 Å². The molecule has 1 aromatic carbocycles. The van der Waals surface area contributed by atoms with Gasteiger partial charge in [0.15, 0.2) is 15.9 Å². The van der Waals surface area contributed by atoms with Gasteiger partial charge in [-0.1, -0.05) is 18.2 Å². The molecule has 1 amide bonds. The van der Waals surface area contributed by atoms with E-state index < -0.39 is 33.9 Å². The zero-order valence-corrected chi connectivity index (χ0v) is 17.8. The van der Waals surface area contributed by atoms with Gasteiger partial charge in [-0.3, -0.25) is 4.79 Å². The normalized spacial score (nSPS) is 19.0. The molecular weight excluding hydrogens is 394 g/mol. The standard InChI is InChI=1S/C20H25N3O5S/c1-13-18(14(2)23(21-13)16-8-6-5-7-9-16)20(25)28-15(3)19(24)22(4)17-10-11-29(26,27)12-17/h5-9,15,17H,10-12H2,1-4H3/t15-,17+/m1/s1. The minimum absolute atomic E-state index is 0.0576. The van der Waals surface area contributed by atoms with Gasteiger partial charge < -0.3 is 9.64 Å². The highest BCUT2D eigenvalue weighted by molar-refractivity contribution is 7.91. The van der Waals surface area contributed by atoms with Crippen LogP contribution in [0, 0.1) is 13.8 Å². The van der Waals surface area contributed by atoms with E-state index in [0.29, 0.717) is 23.4 Å². The van der Waals surface area contributed by atoms with E-state index in [4.69, 9.17) is 4.74 Å². The number of ether oxygens (including phenoxy) is 1. The maximum absolute atomic E-state index is 12.8. The van der Waals surface area contributed by atoms with E-state index in [1.165, 1.54) is 11.8 Å². The monoisotopic (exact) mass is 419 g/mol. The van der Waals surface area contributed by atoms with Gasteiger partial charge in [0.05, 0.1) is 28.6 Å². The topological polar surface area (TPSA) is 98.6 Å². The zero-order valence-electron chi connectivity index (χ0n) is 17.0. The highest BCUT2D eigenvalue weighted by Gasteiger charge is 2.35. The predicted octanol–water partition coefficient (Wildman–Crippen LogP) is 1.68. The molecule has 0 spiro atoms. The Morgan fingerprint density at radius 1 is 1.24 bits per heavy atom. The first kappa shape index (κ1) is 21.0. The minimum Gasteiger partial charge on any atom is -0.449 e. The van der Waals surface area contributed by atoms with Crippen molar-refractivity contribution in [3.63, 3.8) is 0 Å². The lowest BCUT2D eigenvalue weighted by Gasteiger charge is -2.26. The Morgan fingerprint density at radius 3 is 2.48 bits per heavy atom. The van der Waals surface area contributed by atoms with Crippen LogP contribution in [-0.4, -0.2) is 65.7 Å². The number of nitrogens with zero attached hydrogens (tertiary/aromatic N) is 3. The van der Waals surface area contributed by atoms with Crippen molar-refractivity contribution in [2.24, 2.45) is 0 Å². The third-order valence-electron chi connectivity index (χ3n) is 5.23. The van der Waals surface area contributed by atoms with Crippen molar-refractivity contribution in [1.29, 1.82) is 0 Å². The van der Waals surface area contributed by atoms with E-state index in [9.17, 15) is 18.0 Å². The molecule has 0 radical (unpaired) electrons. The predicted molar refractivity (Wildman–Crippen MR) is 108 cm³/mol. The number of benzene rings is 1. The minimum atomic E-state index is -3.11. The van der Waals surface area contributed by atoms with Crippen LogP contribution >= 0.6 is 0 Å². The lowest BCUT2D eigenvalue weighted by Crippen LogP contribution is -2.44. The molecule has 0 N–H and O–H groups in total. The number of carbonyl (C=O) groups excluding carboxylic acids is 2. The van der Waals surface area contributed by atoms with Gasteiger partial charge in [-0.15, -0.1) is 0 Å². The highest BCUT2D eigenvalue weighted by Crippen LogP contribution is 2.21. The summed E-state index contributed by atoms with van der Waals surface area (Å²) in [5.74, 6) is -1.04. The summed E-state index contributed by atoms with van der Waals surface area (Å²) in [4.78, 5) is 26.8. The van der Waals surface area contributed by atoms with Gasteiger partial charge in [0.25, 0.3) is 5.91 Å². The zero-order chi connectivity index (χ0) is 21.3. The van der Waals surface area contributed by atoms with Crippen LogP contribution in [0.4, 0.5) is 0 Å². The molecule has 1 aliphatic heterocycles. The lowest BCUT2D eigenvalue weighted by atomic mass is 10.2. The molecule has 9 heteroatoms. The maximum atomic E-state index is 12.8. The molecule has 156 valence electrons. The molecule has 1 fully saturated rings. The summed E-state index contributed by atoms with van der Waals surface area (Å²) in [6.45, 7) is 4.98. The van der Waals surface area contributed by atoms with Crippen molar-refractivity contribution in [3.05, 3.63) is 47.3 Å². The van der Waals surface area contributed by atoms with Crippen LogP contribution in [0.2, 0.25) is 0 Å². The summed E-state index contributed by atoms with van der Waals surface area (Å²) >= 11 is 0. The molecule has 8 nitrogen and oxygen atoms in total. The first-order valence-electron chi connectivity index (χ1n) is 9.40. The number of carbonyl (C=O) groups is 2. The number of hydrogen-bond donors (Lipinski definition) is 0. The van der Waals surface area contributed by atoms with Gasteiger partial charge in [-0.2, -0.15) is 5.10 Å². The van der Waals surface area contributed by atoms with E-state index >= 15 is 0 Å². The first-order valence-corrected chi connectivity index (χ1v) is 11.2. The number of para-hydroxylation sites is 1. The van der Waals surface area contributed by atoms with E-state index in [-0.39, 0.29) is 11.5 Å². The first-order chi connectivity index (χ1) is 13.6. The number of hydrogen-bond acceptors (Lipinski definition) is 6. The fraction of sp³-hybridized carbons (Fsp3) is 0.450. The van der Waals surface area contributed by atoms with Crippen molar-refractivity contribution in [1.82, 2.24) is 14.7 Å². The number of amides is 1. The van der Waals surface area contributed by atoms with Crippen LogP contribution in [0.15, 0.2) is 30.3 Å². The van der Waals surface area contributed by atoms with Gasteiger partial charge in [-0.25, -0.2) is 17.9 Å². The average Bonchev–Trinajstić information content (AvgIpc) is 3.19. The average molecular weight is 420 g/mol. The van der Waals surface area contributed by atoms with Crippen LogP contribution in [0.5, 0.6) is 0 Å². The van der Waals surface area contributed by atoms with E-state index in [0.717, 1.165) is 5.69 Å². The van der Waals surface area contributed by atoms with Crippen molar-refractivity contribution in [2.45, 2.75) is 39.3 Å². The molecule has 1 saturated heterocycles. The molecular formula is C20H25N3O5S. The second-order valence-corrected chi connectivity index (χ2v) is 9.58. The molecule has 0 aliphatic carbocycles.